The van der Waals surface area contributed by atoms with E-state index >= 15 is 0 Å². The zero-order valence-electron chi connectivity index (χ0n) is 14.8. The first-order valence-electron chi connectivity index (χ1n) is 8.91. The summed E-state index contributed by atoms with van der Waals surface area (Å²) in [6, 6.07) is 0.910. The van der Waals surface area contributed by atoms with Gasteiger partial charge in [-0.15, -0.1) is 0 Å². The predicted octanol–water partition coefficient (Wildman–Crippen LogP) is 3.40. The third-order valence-corrected chi connectivity index (χ3v) is 4.69. The van der Waals surface area contributed by atoms with E-state index in [4.69, 9.17) is 0 Å². The largest absolute Gasteiger partial charge is 0.354 e. The van der Waals surface area contributed by atoms with Crippen molar-refractivity contribution >= 4 is 11.8 Å². The molecule has 0 heterocycles. The van der Waals surface area contributed by atoms with Gasteiger partial charge in [0.25, 0.3) is 0 Å². The van der Waals surface area contributed by atoms with Crippen molar-refractivity contribution in [3.8, 4) is 0 Å². The van der Waals surface area contributed by atoms with Gasteiger partial charge in [-0.3, -0.25) is 9.59 Å². The molecule has 4 nitrogen and oxygen atoms in total. The van der Waals surface area contributed by atoms with Crippen LogP contribution in [0.5, 0.6) is 0 Å². The molecule has 4 unspecified atom stereocenters. The molecule has 0 spiro atoms. The summed E-state index contributed by atoms with van der Waals surface area (Å²) >= 11 is 0. The molecule has 2 N–H and O–H groups in total. The average molecular weight is 310 g/mol. The summed E-state index contributed by atoms with van der Waals surface area (Å²) in [7, 11) is 0. The van der Waals surface area contributed by atoms with Gasteiger partial charge in [-0.05, 0) is 37.5 Å². The van der Waals surface area contributed by atoms with Gasteiger partial charge >= 0.3 is 0 Å². The SMILES string of the molecule is CC(=O)NC1CCCC(C)C1.CC(=O)NC1CCCC(C)C1. The van der Waals surface area contributed by atoms with Crippen LogP contribution in [0, 0.1) is 11.8 Å². The summed E-state index contributed by atoms with van der Waals surface area (Å²) in [5.74, 6) is 1.81. The van der Waals surface area contributed by atoms with Gasteiger partial charge in [0, 0.05) is 25.9 Å². The van der Waals surface area contributed by atoms with Crippen LogP contribution in [-0.2, 0) is 9.59 Å². The zero-order chi connectivity index (χ0) is 16.5. The molecule has 0 bridgehead atoms. The molecule has 2 amide bonds. The number of hydrogen-bond donors (Lipinski definition) is 2. The molecule has 128 valence electrons. The highest BCUT2D eigenvalue weighted by Gasteiger charge is 2.19. The van der Waals surface area contributed by atoms with Crippen LogP contribution in [0.1, 0.15) is 79.1 Å². The van der Waals surface area contributed by atoms with Crippen LogP contribution >= 0.6 is 0 Å². The molecule has 4 atom stereocenters. The average Bonchev–Trinajstić information content (AvgIpc) is 2.37. The maximum Gasteiger partial charge on any atom is 0.217 e. The van der Waals surface area contributed by atoms with Crippen LogP contribution in [0.25, 0.3) is 0 Å². The summed E-state index contributed by atoms with van der Waals surface area (Å²) in [4.78, 5) is 21.4. The molecule has 0 aromatic rings. The van der Waals surface area contributed by atoms with Crippen molar-refractivity contribution in [1.82, 2.24) is 10.6 Å². The Morgan fingerprint density at radius 2 is 1.09 bits per heavy atom. The summed E-state index contributed by atoms with van der Waals surface area (Å²) in [6.07, 6.45) is 9.87. The minimum absolute atomic E-state index is 0.115. The number of nitrogens with one attached hydrogen (secondary N) is 2. The van der Waals surface area contributed by atoms with Gasteiger partial charge in [0.15, 0.2) is 0 Å². The molecule has 22 heavy (non-hydrogen) atoms. The van der Waals surface area contributed by atoms with E-state index < -0.39 is 0 Å². The van der Waals surface area contributed by atoms with Gasteiger partial charge in [0.2, 0.25) is 11.8 Å². The first-order chi connectivity index (χ1) is 10.4. The number of carbonyl (C=O) groups excluding carboxylic acids is 2. The minimum Gasteiger partial charge on any atom is -0.354 e. The molecule has 0 aliphatic heterocycles. The van der Waals surface area contributed by atoms with E-state index in [-0.39, 0.29) is 11.8 Å². The van der Waals surface area contributed by atoms with Crippen molar-refractivity contribution in [3.63, 3.8) is 0 Å². The maximum atomic E-state index is 10.7. The van der Waals surface area contributed by atoms with Crippen LogP contribution < -0.4 is 10.6 Å². The van der Waals surface area contributed by atoms with Crippen LogP contribution in [-0.4, -0.2) is 23.9 Å². The van der Waals surface area contributed by atoms with E-state index in [0.717, 1.165) is 11.8 Å². The Bertz CT molecular complexity index is 323. The molecule has 2 aliphatic carbocycles. The number of amides is 2. The van der Waals surface area contributed by atoms with E-state index in [1.54, 1.807) is 13.8 Å². The topological polar surface area (TPSA) is 58.2 Å². The molecule has 2 saturated carbocycles. The number of carbonyl (C=O) groups is 2. The summed E-state index contributed by atoms with van der Waals surface area (Å²) in [5.41, 5.74) is 0. The van der Waals surface area contributed by atoms with E-state index in [0.29, 0.717) is 12.1 Å². The quantitative estimate of drug-likeness (QED) is 0.821. The molecule has 4 heteroatoms. The lowest BCUT2D eigenvalue weighted by atomic mass is 9.87. The van der Waals surface area contributed by atoms with Crippen LogP contribution in [0.2, 0.25) is 0 Å². The second kappa shape index (κ2) is 9.86. The van der Waals surface area contributed by atoms with Crippen molar-refractivity contribution in [1.29, 1.82) is 0 Å². The van der Waals surface area contributed by atoms with E-state index in [1.807, 2.05) is 0 Å². The van der Waals surface area contributed by atoms with Crippen LogP contribution in [0.3, 0.4) is 0 Å². The number of hydrogen-bond acceptors (Lipinski definition) is 2. The van der Waals surface area contributed by atoms with Crippen molar-refractivity contribution in [2.45, 2.75) is 91.1 Å². The molecule has 2 rings (SSSR count). The molecule has 0 aromatic carbocycles. The molecule has 2 aliphatic rings. The molecular formula is C18H34N2O2. The highest BCUT2D eigenvalue weighted by atomic mass is 16.2. The predicted molar refractivity (Wildman–Crippen MR) is 90.5 cm³/mol. The first kappa shape index (κ1) is 19.0. The van der Waals surface area contributed by atoms with Gasteiger partial charge in [-0.25, -0.2) is 0 Å². The van der Waals surface area contributed by atoms with Crippen molar-refractivity contribution in [2.75, 3.05) is 0 Å². The Kier molecular flexibility index (Phi) is 8.51. The van der Waals surface area contributed by atoms with Gasteiger partial charge in [0.05, 0.1) is 0 Å². The Hall–Kier alpha value is -1.06. The van der Waals surface area contributed by atoms with Crippen LogP contribution in [0.15, 0.2) is 0 Å². The van der Waals surface area contributed by atoms with Gasteiger partial charge < -0.3 is 10.6 Å². The van der Waals surface area contributed by atoms with Gasteiger partial charge in [0.1, 0.15) is 0 Å². The smallest absolute Gasteiger partial charge is 0.217 e. The van der Waals surface area contributed by atoms with Crippen molar-refractivity contribution < 1.29 is 9.59 Å². The van der Waals surface area contributed by atoms with Gasteiger partial charge in [-0.1, -0.05) is 39.5 Å². The fourth-order valence-corrected chi connectivity index (χ4v) is 3.71. The fraction of sp³-hybridized carbons (Fsp3) is 0.889. The number of rotatable bonds is 2. The molecular weight excluding hydrogens is 276 g/mol. The normalized spacial score (nSPS) is 31.5. The van der Waals surface area contributed by atoms with E-state index in [9.17, 15) is 9.59 Å². The Balaban J connectivity index is 0.000000220. The summed E-state index contributed by atoms with van der Waals surface area (Å²) in [6.45, 7) is 7.71. The third kappa shape index (κ3) is 8.40. The van der Waals surface area contributed by atoms with Gasteiger partial charge in [-0.2, -0.15) is 0 Å². The minimum atomic E-state index is 0.115. The Labute approximate surface area is 135 Å². The van der Waals surface area contributed by atoms with Crippen molar-refractivity contribution in [2.24, 2.45) is 11.8 Å². The lowest BCUT2D eigenvalue weighted by Gasteiger charge is -2.26. The second-order valence-electron chi connectivity index (χ2n) is 7.34. The fourth-order valence-electron chi connectivity index (χ4n) is 3.71. The summed E-state index contributed by atoms with van der Waals surface area (Å²) < 4.78 is 0. The molecule has 2 fully saturated rings. The second-order valence-corrected chi connectivity index (χ2v) is 7.34. The highest BCUT2D eigenvalue weighted by Crippen LogP contribution is 2.23. The molecule has 0 aromatic heterocycles. The van der Waals surface area contributed by atoms with E-state index in [2.05, 4.69) is 24.5 Å². The van der Waals surface area contributed by atoms with Crippen molar-refractivity contribution in [3.05, 3.63) is 0 Å². The third-order valence-electron chi connectivity index (χ3n) is 4.69. The maximum absolute atomic E-state index is 10.7. The highest BCUT2D eigenvalue weighted by molar-refractivity contribution is 5.73. The van der Waals surface area contributed by atoms with E-state index in [1.165, 1.54) is 51.4 Å². The molecule has 0 radical (unpaired) electrons. The summed E-state index contributed by atoms with van der Waals surface area (Å²) in [5, 5.41) is 5.95. The Morgan fingerprint density at radius 1 is 0.727 bits per heavy atom. The Morgan fingerprint density at radius 3 is 1.36 bits per heavy atom. The lowest BCUT2D eigenvalue weighted by molar-refractivity contribution is -0.120. The van der Waals surface area contributed by atoms with Crippen LogP contribution in [0.4, 0.5) is 0 Å². The monoisotopic (exact) mass is 310 g/mol. The standard InChI is InChI=1S/2C9H17NO/c2*1-7-4-3-5-9(6-7)10-8(2)11/h2*7,9H,3-6H2,1-2H3,(H,10,11). The zero-order valence-corrected chi connectivity index (χ0v) is 14.8. The lowest BCUT2D eigenvalue weighted by Crippen LogP contribution is -2.36. The molecule has 0 saturated heterocycles. The first-order valence-corrected chi connectivity index (χ1v) is 8.91.